The van der Waals surface area contributed by atoms with Gasteiger partial charge >= 0.3 is 0 Å². The molecule has 1 saturated heterocycles. The van der Waals surface area contributed by atoms with Crippen molar-refractivity contribution in [1.29, 1.82) is 0 Å². The number of methoxy groups -OCH3 is 2. The van der Waals surface area contributed by atoms with Crippen LogP contribution in [0.4, 0.5) is 0 Å². The molecule has 1 unspecified atom stereocenters. The molecule has 196 valence electrons. The number of fused-ring (bicyclic) bond motifs is 2. The molecule has 0 amide bonds. The fraction of sp³-hybridized carbons (Fsp3) is 0.423. The molecule has 1 aliphatic heterocycles. The summed E-state index contributed by atoms with van der Waals surface area (Å²) in [5.74, 6) is 0.818. The lowest BCUT2D eigenvalue weighted by molar-refractivity contribution is -0.168. The van der Waals surface area contributed by atoms with Crippen LogP contribution in [0, 0.1) is 0 Å². The number of benzene rings is 2. The quantitative estimate of drug-likeness (QED) is 0.308. The van der Waals surface area contributed by atoms with E-state index in [0.717, 1.165) is 29.5 Å². The van der Waals surface area contributed by atoms with Gasteiger partial charge in [-0.05, 0) is 43.0 Å². The zero-order chi connectivity index (χ0) is 25.8. The van der Waals surface area contributed by atoms with Crippen LogP contribution in [-0.4, -0.2) is 59.5 Å². The monoisotopic (exact) mass is 527 g/mol. The van der Waals surface area contributed by atoms with E-state index in [2.05, 4.69) is 0 Å². The second-order valence-corrected chi connectivity index (χ2v) is 9.64. The van der Waals surface area contributed by atoms with Crippen LogP contribution in [0.1, 0.15) is 24.8 Å². The van der Waals surface area contributed by atoms with Crippen molar-refractivity contribution in [2.24, 2.45) is 0 Å². The highest BCUT2D eigenvalue weighted by atomic mass is 32.1. The summed E-state index contributed by atoms with van der Waals surface area (Å²) in [6.07, 6.45) is 2.79. The molecule has 2 aromatic carbocycles. The third-order valence-corrected chi connectivity index (χ3v) is 7.29. The summed E-state index contributed by atoms with van der Waals surface area (Å²) in [4.78, 5) is 22.5. The highest BCUT2D eigenvalue weighted by Crippen LogP contribution is 2.37. The zero-order valence-corrected chi connectivity index (χ0v) is 21.6. The first-order valence-corrected chi connectivity index (χ1v) is 12.9. The molecule has 4 aromatic rings. The van der Waals surface area contributed by atoms with Crippen molar-refractivity contribution < 1.29 is 28.8 Å². The molecule has 5 rings (SSSR count). The SMILES string of the molecule is COCOc1cc(COC2CCCCO2)cc2nc(OC)c(-c3cccc4c(=O)n(CCO)sc34)nc12. The van der Waals surface area contributed by atoms with Crippen molar-refractivity contribution in [3.05, 3.63) is 46.2 Å². The van der Waals surface area contributed by atoms with E-state index in [4.69, 9.17) is 33.7 Å². The van der Waals surface area contributed by atoms with Crippen molar-refractivity contribution in [3.63, 3.8) is 0 Å². The largest absolute Gasteiger partial charge is 0.479 e. The summed E-state index contributed by atoms with van der Waals surface area (Å²) in [6.45, 7) is 1.18. The molecule has 1 fully saturated rings. The maximum Gasteiger partial charge on any atom is 0.268 e. The van der Waals surface area contributed by atoms with Crippen LogP contribution < -0.4 is 15.0 Å². The molecule has 1 atom stereocenters. The van der Waals surface area contributed by atoms with E-state index in [-0.39, 0.29) is 31.8 Å². The van der Waals surface area contributed by atoms with Gasteiger partial charge in [-0.3, -0.25) is 8.75 Å². The molecule has 1 N–H and O–H groups in total. The Bertz CT molecular complexity index is 1450. The maximum atomic E-state index is 12.8. The molecule has 3 heterocycles. The Labute approximate surface area is 217 Å². The number of nitrogens with zero attached hydrogens (tertiary/aromatic N) is 3. The number of hydrogen-bond donors (Lipinski definition) is 1. The van der Waals surface area contributed by atoms with Gasteiger partial charge < -0.3 is 28.8 Å². The Morgan fingerprint density at radius 3 is 2.86 bits per heavy atom. The van der Waals surface area contributed by atoms with E-state index < -0.39 is 0 Å². The van der Waals surface area contributed by atoms with Crippen molar-refractivity contribution >= 4 is 32.7 Å². The van der Waals surface area contributed by atoms with Gasteiger partial charge in [0.05, 0.1) is 42.5 Å². The van der Waals surface area contributed by atoms with Gasteiger partial charge in [-0.25, -0.2) is 9.97 Å². The maximum absolute atomic E-state index is 12.8. The second-order valence-electron chi connectivity index (χ2n) is 8.61. The van der Waals surface area contributed by atoms with Crippen molar-refractivity contribution in [3.8, 4) is 22.9 Å². The van der Waals surface area contributed by atoms with Crippen LogP contribution in [0.5, 0.6) is 11.6 Å². The van der Waals surface area contributed by atoms with Crippen molar-refractivity contribution in [2.75, 3.05) is 34.2 Å². The zero-order valence-electron chi connectivity index (χ0n) is 20.8. The van der Waals surface area contributed by atoms with Crippen LogP contribution in [-0.2, 0) is 27.4 Å². The minimum Gasteiger partial charge on any atom is -0.479 e. The molecular weight excluding hydrogens is 498 g/mol. The third-order valence-electron chi connectivity index (χ3n) is 6.09. The average molecular weight is 528 g/mol. The van der Waals surface area contributed by atoms with E-state index in [1.54, 1.807) is 19.2 Å². The molecule has 2 aromatic heterocycles. The Morgan fingerprint density at radius 1 is 1.22 bits per heavy atom. The molecule has 0 aliphatic carbocycles. The predicted molar refractivity (Wildman–Crippen MR) is 139 cm³/mol. The van der Waals surface area contributed by atoms with Crippen molar-refractivity contribution in [1.82, 2.24) is 13.9 Å². The lowest BCUT2D eigenvalue weighted by Gasteiger charge is -2.23. The van der Waals surface area contributed by atoms with E-state index in [1.165, 1.54) is 22.6 Å². The van der Waals surface area contributed by atoms with E-state index in [1.807, 2.05) is 18.2 Å². The van der Waals surface area contributed by atoms with E-state index in [9.17, 15) is 9.90 Å². The Kier molecular flexibility index (Phi) is 7.96. The summed E-state index contributed by atoms with van der Waals surface area (Å²) >= 11 is 1.28. The number of aliphatic hydroxyl groups is 1. The Balaban J connectivity index is 1.60. The van der Waals surface area contributed by atoms with Crippen LogP contribution in [0.3, 0.4) is 0 Å². The van der Waals surface area contributed by atoms with Gasteiger partial charge in [-0.15, -0.1) is 0 Å². The minimum absolute atomic E-state index is 0.0371. The average Bonchev–Trinajstić information content (AvgIpc) is 3.25. The van der Waals surface area contributed by atoms with Gasteiger partial charge in [0, 0.05) is 19.3 Å². The minimum atomic E-state index is -0.221. The highest BCUT2D eigenvalue weighted by molar-refractivity contribution is 7.14. The van der Waals surface area contributed by atoms with Crippen LogP contribution in [0.15, 0.2) is 35.1 Å². The van der Waals surface area contributed by atoms with Gasteiger partial charge in [-0.1, -0.05) is 23.7 Å². The fourth-order valence-electron chi connectivity index (χ4n) is 4.35. The van der Waals surface area contributed by atoms with Gasteiger partial charge in [0.15, 0.2) is 18.8 Å². The molecule has 0 spiro atoms. The summed E-state index contributed by atoms with van der Waals surface area (Å²) in [5, 5.41) is 9.91. The van der Waals surface area contributed by atoms with Crippen LogP contribution in [0.25, 0.3) is 32.4 Å². The molecule has 0 radical (unpaired) electrons. The van der Waals surface area contributed by atoms with E-state index >= 15 is 0 Å². The van der Waals surface area contributed by atoms with Gasteiger partial charge in [0.1, 0.15) is 11.2 Å². The highest BCUT2D eigenvalue weighted by Gasteiger charge is 2.21. The number of aromatic nitrogens is 3. The molecule has 0 saturated carbocycles. The standard InChI is InChI=1S/C26H29N3O7S/c1-32-15-36-20-13-16(14-35-21-8-3-4-11-34-21)12-19-23(20)28-22(25(27-19)33-2)17-6-5-7-18-24(17)37-29(9-10-30)26(18)31/h5-7,12-13,21,30H,3-4,8-11,14-15H2,1-2H3. The predicted octanol–water partition coefficient (Wildman–Crippen LogP) is 3.70. The first-order valence-electron chi connectivity index (χ1n) is 12.1. The first-order chi connectivity index (χ1) is 18.1. The lowest BCUT2D eigenvalue weighted by atomic mass is 10.1. The summed E-state index contributed by atoms with van der Waals surface area (Å²) in [6, 6.07) is 9.21. The van der Waals surface area contributed by atoms with E-state index in [0.29, 0.717) is 52.5 Å². The molecule has 11 heteroatoms. The molecule has 1 aliphatic rings. The Morgan fingerprint density at radius 2 is 2.11 bits per heavy atom. The molecule has 10 nitrogen and oxygen atoms in total. The van der Waals surface area contributed by atoms with Crippen molar-refractivity contribution in [2.45, 2.75) is 38.7 Å². The smallest absolute Gasteiger partial charge is 0.268 e. The number of aliphatic hydroxyl groups excluding tert-OH is 1. The first kappa shape index (κ1) is 25.6. The topological polar surface area (TPSA) is 114 Å². The lowest BCUT2D eigenvalue weighted by Crippen LogP contribution is -2.22. The third kappa shape index (κ3) is 5.32. The van der Waals surface area contributed by atoms with Gasteiger partial charge in [0.2, 0.25) is 5.88 Å². The summed E-state index contributed by atoms with van der Waals surface area (Å²) in [7, 11) is 3.09. The molecule has 37 heavy (non-hydrogen) atoms. The number of hydrogen-bond acceptors (Lipinski definition) is 10. The van der Waals surface area contributed by atoms with Gasteiger partial charge in [0.25, 0.3) is 5.56 Å². The summed E-state index contributed by atoms with van der Waals surface area (Å²) < 4.78 is 30.6. The summed E-state index contributed by atoms with van der Waals surface area (Å²) in [5.41, 5.74) is 3.01. The van der Waals surface area contributed by atoms with Gasteiger partial charge in [-0.2, -0.15) is 0 Å². The second kappa shape index (κ2) is 11.5. The normalized spacial score (nSPS) is 15.9. The molecular formula is C26H29N3O7S. The number of rotatable bonds is 10. The number of ether oxygens (including phenoxy) is 5. The molecule has 0 bridgehead atoms. The van der Waals surface area contributed by atoms with Crippen LogP contribution >= 0.6 is 11.5 Å². The fourth-order valence-corrected chi connectivity index (χ4v) is 5.44. The Hall–Kier alpha value is -3.09. The van der Waals surface area contributed by atoms with Crippen LogP contribution in [0.2, 0.25) is 0 Å².